The number of nitrogens with two attached hydrogens (primary N) is 1. The van der Waals surface area contributed by atoms with Crippen LogP contribution in [-0.2, 0) is 9.59 Å². The smallest absolute Gasteiger partial charge is 0.227 e. The zero-order chi connectivity index (χ0) is 13.8. The first-order valence-electron chi connectivity index (χ1n) is 6.52. The van der Waals surface area contributed by atoms with E-state index in [-0.39, 0.29) is 17.9 Å². The zero-order valence-electron chi connectivity index (χ0n) is 11.1. The summed E-state index contributed by atoms with van der Waals surface area (Å²) in [6.45, 7) is 2.57. The van der Waals surface area contributed by atoms with Gasteiger partial charge in [0.15, 0.2) is 0 Å². The van der Waals surface area contributed by atoms with E-state index in [9.17, 15) is 9.59 Å². The van der Waals surface area contributed by atoms with E-state index in [1.165, 1.54) is 0 Å². The number of benzene rings is 1. The summed E-state index contributed by atoms with van der Waals surface area (Å²) in [6.07, 6.45) is 1.82. The van der Waals surface area contributed by atoms with Crippen LogP contribution in [-0.4, -0.2) is 24.4 Å². The lowest BCUT2D eigenvalue weighted by molar-refractivity contribution is -0.117. The number of carbonyl (C=O) groups is 2. The Morgan fingerprint density at radius 3 is 2.63 bits per heavy atom. The average Bonchev–Trinajstić information content (AvgIpc) is 2.75. The maximum Gasteiger partial charge on any atom is 0.227 e. The molecule has 102 valence electrons. The second kappa shape index (κ2) is 5.84. The van der Waals surface area contributed by atoms with Gasteiger partial charge in [-0.05, 0) is 37.6 Å². The fourth-order valence-electron chi connectivity index (χ4n) is 2.15. The molecular weight excluding hydrogens is 242 g/mol. The molecule has 5 heteroatoms. The van der Waals surface area contributed by atoms with Gasteiger partial charge in [-0.3, -0.25) is 9.59 Å². The topological polar surface area (TPSA) is 75.4 Å². The first-order valence-corrected chi connectivity index (χ1v) is 6.52. The fourth-order valence-corrected chi connectivity index (χ4v) is 2.15. The average molecular weight is 261 g/mol. The Hall–Kier alpha value is -1.88. The molecule has 0 saturated carbocycles. The molecule has 1 aromatic rings. The maximum absolute atomic E-state index is 11.6. The SMILES string of the molecule is CC(N)CC(=O)Nc1ccc(N2CCCC2=O)cc1. The quantitative estimate of drug-likeness (QED) is 0.862. The highest BCUT2D eigenvalue weighted by Crippen LogP contribution is 2.23. The van der Waals surface area contributed by atoms with Gasteiger partial charge in [-0.2, -0.15) is 0 Å². The first-order chi connectivity index (χ1) is 9.06. The minimum absolute atomic E-state index is 0.0972. The maximum atomic E-state index is 11.6. The van der Waals surface area contributed by atoms with Crippen molar-refractivity contribution in [3.05, 3.63) is 24.3 Å². The van der Waals surface area contributed by atoms with Gasteiger partial charge in [0.25, 0.3) is 0 Å². The molecule has 0 aliphatic carbocycles. The van der Waals surface area contributed by atoms with E-state index in [4.69, 9.17) is 5.73 Å². The first kappa shape index (κ1) is 13.5. The summed E-state index contributed by atoms with van der Waals surface area (Å²) in [5, 5.41) is 2.78. The molecule has 1 aliphatic heterocycles. The van der Waals surface area contributed by atoms with Crippen molar-refractivity contribution in [2.24, 2.45) is 5.73 Å². The number of hydrogen-bond acceptors (Lipinski definition) is 3. The van der Waals surface area contributed by atoms with Crippen LogP contribution in [0, 0.1) is 0 Å². The number of carbonyl (C=O) groups excluding carboxylic acids is 2. The molecule has 2 amide bonds. The molecule has 0 bridgehead atoms. The Morgan fingerprint density at radius 1 is 1.42 bits per heavy atom. The lowest BCUT2D eigenvalue weighted by Gasteiger charge is -2.16. The van der Waals surface area contributed by atoms with Crippen molar-refractivity contribution >= 4 is 23.2 Å². The van der Waals surface area contributed by atoms with Crippen LogP contribution in [0.1, 0.15) is 26.2 Å². The molecule has 1 saturated heterocycles. The van der Waals surface area contributed by atoms with E-state index < -0.39 is 0 Å². The molecular formula is C14H19N3O2. The van der Waals surface area contributed by atoms with E-state index in [0.717, 1.165) is 24.3 Å². The fraction of sp³-hybridized carbons (Fsp3) is 0.429. The van der Waals surface area contributed by atoms with Gasteiger partial charge in [-0.1, -0.05) is 0 Å². The third-order valence-corrected chi connectivity index (χ3v) is 3.04. The predicted octanol–water partition coefficient (Wildman–Crippen LogP) is 1.49. The van der Waals surface area contributed by atoms with Crippen molar-refractivity contribution < 1.29 is 9.59 Å². The highest BCUT2D eigenvalue weighted by molar-refractivity contribution is 5.96. The van der Waals surface area contributed by atoms with Crippen LogP contribution in [0.2, 0.25) is 0 Å². The summed E-state index contributed by atoms with van der Waals surface area (Å²) in [6, 6.07) is 7.16. The van der Waals surface area contributed by atoms with E-state index in [1.54, 1.807) is 24.0 Å². The molecule has 0 radical (unpaired) electrons. The lowest BCUT2D eigenvalue weighted by atomic mass is 10.2. The van der Waals surface area contributed by atoms with E-state index in [2.05, 4.69) is 5.32 Å². The van der Waals surface area contributed by atoms with Gasteiger partial charge in [-0.25, -0.2) is 0 Å². The van der Waals surface area contributed by atoms with Crippen molar-refractivity contribution in [3.63, 3.8) is 0 Å². The number of nitrogens with one attached hydrogen (secondary N) is 1. The van der Waals surface area contributed by atoms with Gasteiger partial charge < -0.3 is 16.0 Å². The van der Waals surface area contributed by atoms with E-state index in [0.29, 0.717) is 12.8 Å². The number of nitrogens with zero attached hydrogens (tertiary/aromatic N) is 1. The van der Waals surface area contributed by atoms with Crippen molar-refractivity contribution in [2.45, 2.75) is 32.2 Å². The normalized spacial score (nSPS) is 16.5. The van der Waals surface area contributed by atoms with Crippen LogP contribution in [0.5, 0.6) is 0 Å². The summed E-state index contributed by atoms with van der Waals surface area (Å²) in [5.41, 5.74) is 7.17. The molecule has 0 spiro atoms. The summed E-state index contributed by atoms with van der Waals surface area (Å²) in [7, 11) is 0. The van der Waals surface area contributed by atoms with Crippen LogP contribution >= 0.6 is 0 Å². The van der Waals surface area contributed by atoms with Crippen LogP contribution in [0.25, 0.3) is 0 Å². The van der Waals surface area contributed by atoms with Gasteiger partial charge in [-0.15, -0.1) is 0 Å². The molecule has 3 N–H and O–H groups in total. The van der Waals surface area contributed by atoms with Gasteiger partial charge in [0, 0.05) is 36.8 Å². The Labute approximate surface area is 112 Å². The number of hydrogen-bond donors (Lipinski definition) is 2. The Bertz CT molecular complexity index is 468. The summed E-state index contributed by atoms with van der Waals surface area (Å²) in [4.78, 5) is 24.9. The third-order valence-electron chi connectivity index (χ3n) is 3.04. The van der Waals surface area contributed by atoms with E-state index >= 15 is 0 Å². The van der Waals surface area contributed by atoms with Crippen LogP contribution < -0.4 is 16.0 Å². The minimum Gasteiger partial charge on any atom is -0.327 e. The zero-order valence-corrected chi connectivity index (χ0v) is 11.1. The Kier molecular flexibility index (Phi) is 4.16. The summed E-state index contributed by atoms with van der Waals surface area (Å²) in [5.74, 6) is 0.0636. The predicted molar refractivity (Wildman–Crippen MR) is 74.9 cm³/mol. The minimum atomic E-state index is -0.151. The van der Waals surface area contributed by atoms with Gasteiger partial charge >= 0.3 is 0 Å². The van der Waals surface area contributed by atoms with E-state index in [1.807, 2.05) is 12.1 Å². The largest absolute Gasteiger partial charge is 0.327 e. The van der Waals surface area contributed by atoms with Gasteiger partial charge in [0.05, 0.1) is 0 Å². The van der Waals surface area contributed by atoms with Crippen molar-refractivity contribution in [3.8, 4) is 0 Å². The number of anilines is 2. The molecule has 1 heterocycles. The standard InChI is InChI=1S/C14H19N3O2/c1-10(15)9-13(18)16-11-4-6-12(7-5-11)17-8-2-3-14(17)19/h4-7,10H,2-3,8-9,15H2,1H3,(H,16,18). The molecule has 1 atom stereocenters. The van der Waals surface area contributed by atoms with Gasteiger partial charge in [0.2, 0.25) is 11.8 Å². The monoisotopic (exact) mass is 261 g/mol. The van der Waals surface area contributed by atoms with Crippen LogP contribution in [0.15, 0.2) is 24.3 Å². The lowest BCUT2D eigenvalue weighted by Crippen LogP contribution is -2.24. The summed E-state index contributed by atoms with van der Waals surface area (Å²) >= 11 is 0. The molecule has 0 aromatic heterocycles. The molecule has 1 unspecified atom stereocenters. The second-order valence-corrected chi connectivity index (χ2v) is 4.93. The van der Waals surface area contributed by atoms with Crippen LogP contribution in [0.4, 0.5) is 11.4 Å². The molecule has 5 nitrogen and oxygen atoms in total. The molecule has 1 fully saturated rings. The van der Waals surface area contributed by atoms with Gasteiger partial charge in [0.1, 0.15) is 0 Å². The highest BCUT2D eigenvalue weighted by Gasteiger charge is 2.21. The second-order valence-electron chi connectivity index (χ2n) is 4.93. The van der Waals surface area contributed by atoms with Crippen molar-refractivity contribution in [2.75, 3.05) is 16.8 Å². The van der Waals surface area contributed by atoms with Crippen LogP contribution in [0.3, 0.4) is 0 Å². The third kappa shape index (κ3) is 3.54. The van der Waals surface area contributed by atoms with Crippen molar-refractivity contribution in [1.82, 2.24) is 0 Å². The number of rotatable bonds is 4. The number of amides is 2. The molecule has 1 aliphatic rings. The van der Waals surface area contributed by atoms with Crippen molar-refractivity contribution in [1.29, 1.82) is 0 Å². The molecule has 2 rings (SSSR count). The Morgan fingerprint density at radius 2 is 2.11 bits per heavy atom. The Balaban J connectivity index is 1.98. The summed E-state index contributed by atoms with van der Waals surface area (Å²) < 4.78 is 0. The highest BCUT2D eigenvalue weighted by atomic mass is 16.2. The molecule has 1 aromatic carbocycles. The molecule has 19 heavy (non-hydrogen) atoms.